The minimum Gasteiger partial charge on any atom is -0.493 e. The Kier molecular flexibility index (Phi) is 8.11. The molecule has 1 amide bonds. The molecule has 122 valence electrons. The summed E-state index contributed by atoms with van der Waals surface area (Å²) in [6, 6.07) is 5.64. The quantitative estimate of drug-likeness (QED) is 0.652. The van der Waals surface area contributed by atoms with E-state index in [4.69, 9.17) is 9.47 Å². The number of methoxy groups -OCH3 is 1. The molecule has 0 bridgehead atoms. The number of benzene rings is 1. The normalized spacial score (nSPS) is 10.7. The van der Waals surface area contributed by atoms with Crippen LogP contribution >= 0.6 is 0 Å². The third kappa shape index (κ3) is 5.43. The number of unbranched alkanes of at least 4 members (excludes halogenated alkanes) is 1. The predicted octanol–water partition coefficient (Wildman–Crippen LogP) is 3.76. The second kappa shape index (κ2) is 9.87. The Bertz CT molecular complexity index is 497. The molecule has 0 heterocycles. The van der Waals surface area contributed by atoms with Crippen LogP contribution in [0.3, 0.4) is 0 Å². The van der Waals surface area contributed by atoms with Crippen LogP contribution in [-0.4, -0.2) is 37.6 Å². The standard InChI is InChI=1S/C18H27NO3/c1-5-8-13-19(6-2)18(20)12-10-15-9-11-16(21-4)17(14-15)22-7-3/h9-12,14H,5-8,13H2,1-4H3/b12-10+. The highest BCUT2D eigenvalue weighted by Crippen LogP contribution is 2.28. The molecule has 0 saturated carbocycles. The number of ether oxygens (including phenoxy) is 2. The number of amides is 1. The van der Waals surface area contributed by atoms with Crippen molar-refractivity contribution in [3.63, 3.8) is 0 Å². The molecule has 0 atom stereocenters. The van der Waals surface area contributed by atoms with Gasteiger partial charge >= 0.3 is 0 Å². The molecule has 1 rings (SSSR count). The Hall–Kier alpha value is -1.97. The molecule has 0 spiro atoms. The largest absolute Gasteiger partial charge is 0.493 e. The van der Waals surface area contributed by atoms with Crippen LogP contribution in [0.15, 0.2) is 24.3 Å². The maximum atomic E-state index is 12.2. The summed E-state index contributed by atoms with van der Waals surface area (Å²) in [7, 11) is 1.61. The highest BCUT2D eigenvalue weighted by atomic mass is 16.5. The molecule has 0 aliphatic carbocycles. The zero-order valence-corrected chi connectivity index (χ0v) is 14.1. The Labute approximate surface area is 133 Å². The van der Waals surface area contributed by atoms with Crippen LogP contribution in [0.4, 0.5) is 0 Å². The summed E-state index contributed by atoms with van der Waals surface area (Å²) >= 11 is 0. The highest BCUT2D eigenvalue weighted by Gasteiger charge is 2.08. The van der Waals surface area contributed by atoms with Gasteiger partial charge in [-0.3, -0.25) is 4.79 Å². The fraction of sp³-hybridized carbons (Fsp3) is 0.500. The lowest BCUT2D eigenvalue weighted by atomic mass is 10.2. The molecule has 4 nitrogen and oxygen atoms in total. The zero-order chi connectivity index (χ0) is 16.4. The van der Waals surface area contributed by atoms with Gasteiger partial charge in [0.2, 0.25) is 5.91 Å². The van der Waals surface area contributed by atoms with Gasteiger partial charge in [0.25, 0.3) is 0 Å². The molecule has 0 fully saturated rings. The Morgan fingerprint density at radius 2 is 2.00 bits per heavy atom. The number of nitrogens with zero attached hydrogens (tertiary/aromatic N) is 1. The summed E-state index contributed by atoms with van der Waals surface area (Å²) in [4.78, 5) is 14.0. The van der Waals surface area contributed by atoms with Crippen LogP contribution in [0, 0.1) is 0 Å². The average molecular weight is 305 g/mol. The van der Waals surface area contributed by atoms with E-state index in [1.807, 2.05) is 43.0 Å². The van der Waals surface area contributed by atoms with Crippen molar-refractivity contribution < 1.29 is 14.3 Å². The van der Waals surface area contributed by atoms with Crippen molar-refractivity contribution in [2.45, 2.75) is 33.6 Å². The van der Waals surface area contributed by atoms with Gasteiger partial charge < -0.3 is 14.4 Å². The van der Waals surface area contributed by atoms with E-state index in [0.717, 1.165) is 31.5 Å². The van der Waals surface area contributed by atoms with Crippen LogP contribution in [-0.2, 0) is 4.79 Å². The van der Waals surface area contributed by atoms with Crippen LogP contribution < -0.4 is 9.47 Å². The van der Waals surface area contributed by atoms with Gasteiger partial charge in [0.05, 0.1) is 13.7 Å². The number of likely N-dealkylation sites (N-methyl/N-ethyl adjacent to an activating group) is 1. The Morgan fingerprint density at radius 1 is 1.23 bits per heavy atom. The van der Waals surface area contributed by atoms with E-state index in [-0.39, 0.29) is 5.91 Å². The number of rotatable bonds is 9. The van der Waals surface area contributed by atoms with Crippen LogP contribution in [0.5, 0.6) is 11.5 Å². The smallest absolute Gasteiger partial charge is 0.246 e. The van der Waals surface area contributed by atoms with Gasteiger partial charge in [0.1, 0.15) is 0 Å². The fourth-order valence-corrected chi connectivity index (χ4v) is 2.11. The SMILES string of the molecule is CCCCN(CC)C(=O)/C=C/c1ccc(OC)c(OCC)c1. The molecule has 0 aliphatic rings. The van der Waals surface area contributed by atoms with E-state index in [2.05, 4.69) is 6.92 Å². The van der Waals surface area contributed by atoms with Crippen molar-refractivity contribution in [2.24, 2.45) is 0 Å². The van der Waals surface area contributed by atoms with Gasteiger partial charge in [-0.2, -0.15) is 0 Å². The molecule has 1 aromatic rings. The van der Waals surface area contributed by atoms with Crippen LogP contribution in [0.2, 0.25) is 0 Å². The minimum absolute atomic E-state index is 0.0460. The molecular formula is C18H27NO3. The van der Waals surface area contributed by atoms with Crippen molar-refractivity contribution >= 4 is 12.0 Å². The van der Waals surface area contributed by atoms with Gasteiger partial charge in [-0.25, -0.2) is 0 Å². The zero-order valence-electron chi connectivity index (χ0n) is 14.1. The lowest BCUT2D eigenvalue weighted by molar-refractivity contribution is -0.125. The van der Waals surface area contributed by atoms with E-state index >= 15 is 0 Å². The van der Waals surface area contributed by atoms with Gasteiger partial charge in [-0.05, 0) is 44.0 Å². The maximum absolute atomic E-state index is 12.2. The van der Waals surface area contributed by atoms with Gasteiger partial charge in [-0.15, -0.1) is 0 Å². The lowest BCUT2D eigenvalue weighted by Gasteiger charge is -2.18. The summed E-state index contributed by atoms with van der Waals surface area (Å²) in [6.45, 7) is 8.17. The minimum atomic E-state index is 0.0460. The van der Waals surface area contributed by atoms with E-state index in [1.165, 1.54) is 0 Å². The van der Waals surface area contributed by atoms with E-state index in [0.29, 0.717) is 18.1 Å². The number of carbonyl (C=O) groups excluding carboxylic acids is 1. The molecule has 1 aromatic carbocycles. The summed E-state index contributed by atoms with van der Waals surface area (Å²) < 4.78 is 10.8. The number of carbonyl (C=O) groups is 1. The third-order valence-electron chi connectivity index (χ3n) is 3.38. The van der Waals surface area contributed by atoms with Crippen LogP contribution in [0.25, 0.3) is 6.08 Å². The molecule has 0 unspecified atom stereocenters. The monoisotopic (exact) mass is 305 g/mol. The number of hydrogen-bond acceptors (Lipinski definition) is 3. The number of hydrogen-bond donors (Lipinski definition) is 0. The Balaban J connectivity index is 2.80. The van der Waals surface area contributed by atoms with Crippen molar-refractivity contribution in [1.82, 2.24) is 4.90 Å². The Morgan fingerprint density at radius 3 is 2.59 bits per heavy atom. The first kappa shape index (κ1) is 18.1. The summed E-state index contributed by atoms with van der Waals surface area (Å²) in [5.74, 6) is 1.44. The average Bonchev–Trinajstić information content (AvgIpc) is 2.54. The third-order valence-corrected chi connectivity index (χ3v) is 3.38. The van der Waals surface area contributed by atoms with E-state index in [9.17, 15) is 4.79 Å². The molecule has 0 saturated heterocycles. The molecule has 4 heteroatoms. The van der Waals surface area contributed by atoms with Crippen molar-refractivity contribution in [3.8, 4) is 11.5 Å². The molecule has 0 aromatic heterocycles. The van der Waals surface area contributed by atoms with Crippen molar-refractivity contribution in [2.75, 3.05) is 26.8 Å². The lowest BCUT2D eigenvalue weighted by Crippen LogP contribution is -2.30. The first-order valence-electron chi connectivity index (χ1n) is 7.94. The topological polar surface area (TPSA) is 38.8 Å². The highest BCUT2D eigenvalue weighted by molar-refractivity contribution is 5.91. The van der Waals surface area contributed by atoms with E-state index < -0.39 is 0 Å². The van der Waals surface area contributed by atoms with E-state index in [1.54, 1.807) is 13.2 Å². The summed E-state index contributed by atoms with van der Waals surface area (Å²) in [5.41, 5.74) is 0.921. The van der Waals surface area contributed by atoms with Gasteiger partial charge in [0, 0.05) is 19.2 Å². The second-order valence-corrected chi connectivity index (χ2v) is 4.95. The summed E-state index contributed by atoms with van der Waals surface area (Å²) in [6.07, 6.45) is 5.56. The molecule has 0 aliphatic heterocycles. The van der Waals surface area contributed by atoms with Crippen molar-refractivity contribution in [1.29, 1.82) is 0 Å². The molecule has 22 heavy (non-hydrogen) atoms. The fourth-order valence-electron chi connectivity index (χ4n) is 2.11. The molecule has 0 N–H and O–H groups in total. The maximum Gasteiger partial charge on any atom is 0.246 e. The first-order chi connectivity index (χ1) is 10.7. The van der Waals surface area contributed by atoms with Gasteiger partial charge in [0.15, 0.2) is 11.5 Å². The molecule has 0 radical (unpaired) electrons. The van der Waals surface area contributed by atoms with Crippen molar-refractivity contribution in [3.05, 3.63) is 29.8 Å². The predicted molar refractivity (Wildman–Crippen MR) is 90.4 cm³/mol. The summed E-state index contributed by atoms with van der Waals surface area (Å²) in [5, 5.41) is 0. The van der Waals surface area contributed by atoms with Crippen LogP contribution in [0.1, 0.15) is 39.2 Å². The second-order valence-electron chi connectivity index (χ2n) is 4.95. The molecular weight excluding hydrogens is 278 g/mol. The first-order valence-corrected chi connectivity index (χ1v) is 7.94. The van der Waals surface area contributed by atoms with Gasteiger partial charge in [-0.1, -0.05) is 19.4 Å².